The van der Waals surface area contributed by atoms with Crippen LogP contribution < -0.4 is 0 Å². The molecule has 0 saturated carbocycles. The maximum atomic E-state index is 10.8. The molecule has 0 amide bonds. The zero-order chi connectivity index (χ0) is 12.4. The van der Waals surface area contributed by atoms with Crippen molar-refractivity contribution in [1.29, 1.82) is 0 Å². The molecule has 2 rings (SSSR count). The Hall–Kier alpha value is -2.50. The van der Waals surface area contributed by atoms with Gasteiger partial charge in [-0.1, -0.05) is 0 Å². The first-order valence-corrected chi connectivity index (χ1v) is 4.83. The number of nitrogens with zero attached hydrogens (tertiary/aromatic N) is 3. The highest BCUT2D eigenvalue weighted by Crippen LogP contribution is 2.10. The molecule has 0 fully saturated rings. The maximum absolute atomic E-state index is 10.8. The highest BCUT2D eigenvalue weighted by Gasteiger charge is 2.09. The topological polar surface area (TPSA) is 85.1 Å². The van der Waals surface area contributed by atoms with E-state index in [1.165, 1.54) is 23.0 Å². The fraction of sp³-hybridized carbons (Fsp3) is 0.0909. The van der Waals surface area contributed by atoms with Gasteiger partial charge in [-0.15, -0.1) is 0 Å². The van der Waals surface area contributed by atoms with Gasteiger partial charge in [0.25, 0.3) is 0 Å². The predicted octanol–water partition coefficient (Wildman–Crippen LogP) is 1.09. The Kier molecular flexibility index (Phi) is 2.70. The Morgan fingerprint density at radius 3 is 2.88 bits per heavy atom. The second-order valence-corrected chi connectivity index (χ2v) is 3.47. The number of aromatic nitrogens is 3. The van der Waals surface area contributed by atoms with Crippen LogP contribution in [0.4, 0.5) is 0 Å². The Morgan fingerprint density at radius 1 is 1.53 bits per heavy atom. The van der Waals surface area contributed by atoms with Crippen molar-refractivity contribution < 1.29 is 14.7 Å². The van der Waals surface area contributed by atoms with Crippen LogP contribution >= 0.6 is 0 Å². The third-order valence-electron chi connectivity index (χ3n) is 2.27. The smallest absolute Gasteiger partial charge is 0.335 e. The molecule has 0 aliphatic rings. The first kappa shape index (κ1) is 11.0. The van der Waals surface area contributed by atoms with E-state index in [1.54, 1.807) is 13.1 Å². The number of carboxylic acids is 1. The highest BCUT2D eigenvalue weighted by atomic mass is 16.4. The summed E-state index contributed by atoms with van der Waals surface area (Å²) in [5.41, 5.74) is 1.14. The molecule has 0 bridgehead atoms. The molecule has 2 aromatic rings. The lowest BCUT2D eigenvalue weighted by Crippen LogP contribution is -2.03. The van der Waals surface area contributed by atoms with E-state index in [1.807, 2.05) is 0 Å². The summed E-state index contributed by atoms with van der Waals surface area (Å²) in [6.07, 6.45) is 3.65. The standard InChI is InChI=1S/C11H9N3O3/c1-7-5-14(13-9(7)6-15)10-4-8(11(16)17)2-3-12-10/h2-6H,1H3,(H,16,17). The first-order chi connectivity index (χ1) is 8.11. The minimum Gasteiger partial charge on any atom is -0.478 e. The zero-order valence-electron chi connectivity index (χ0n) is 8.99. The van der Waals surface area contributed by atoms with Gasteiger partial charge in [-0.05, 0) is 24.6 Å². The summed E-state index contributed by atoms with van der Waals surface area (Å²) in [6.45, 7) is 1.74. The van der Waals surface area contributed by atoms with Crippen LogP contribution in [0.3, 0.4) is 0 Å². The van der Waals surface area contributed by atoms with Gasteiger partial charge in [0.1, 0.15) is 5.69 Å². The van der Waals surface area contributed by atoms with E-state index in [0.717, 1.165) is 0 Å². The number of carbonyl (C=O) groups is 2. The van der Waals surface area contributed by atoms with Crippen LogP contribution in [0.25, 0.3) is 5.82 Å². The van der Waals surface area contributed by atoms with E-state index in [4.69, 9.17) is 5.11 Å². The minimum atomic E-state index is -1.03. The van der Waals surface area contributed by atoms with E-state index in [-0.39, 0.29) is 5.56 Å². The van der Waals surface area contributed by atoms with E-state index >= 15 is 0 Å². The van der Waals surface area contributed by atoms with Crippen LogP contribution in [0.1, 0.15) is 26.4 Å². The number of pyridine rings is 1. The number of aldehydes is 1. The van der Waals surface area contributed by atoms with Gasteiger partial charge < -0.3 is 5.11 Å². The van der Waals surface area contributed by atoms with Crippen LogP contribution in [0, 0.1) is 6.92 Å². The van der Waals surface area contributed by atoms with Crippen molar-refractivity contribution in [3.63, 3.8) is 0 Å². The number of carbonyl (C=O) groups excluding carboxylic acids is 1. The summed E-state index contributed by atoms with van der Waals surface area (Å²) in [5, 5.41) is 12.8. The van der Waals surface area contributed by atoms with Crippen molar-refractivity contribution in [3.8, 4) is 5.82 Å². The Balaban J connectivity index is 2.48. The van der Waals surface area contributed by atoms with E-state index < -0.39 is 5.97 Å². The summed E-state index contributed by atoms with van der Waals surface area (Å²) in [4.78, 5) is 25.5. The highest BCUT2D eigenvalue weighted by molar-refractivity contribution is 5.87. The molecule has 0 aliphatic carbocycles. The quantitative estimate of drug-likeness (QED) is 0.799. The lowest BCUT2D eigenvalue weighted by molar-refractivity contribution is 0.0696. The van der Waals surface area contributed by atoms with Crippen molar-refractivity contribution in [2.45, 2.75) is 6.92 Å². The van der Waals surface area contributed by atoms with Gasteiger partial charge in [0.15, 0.2) is 12.1 Å². The summed E-state index contributed by atoms with van der Waals surface area (Å²) in [6, 6.07) is 2.78. The maximum Gasteiger partial charge on any atom is 0.335 e. The molecule has 86 valence electrons. The number of rotatable bonds is 3. The average Bonchev–Trinajstić information content (AvgIpc) is 2.71. The van der Waals surface area contributed by atoms with Gasteiger partial charge in [-0.3, -0.25) is 4.79 Å². The normalized spacial score (nSPS) is 10.2. The second-order valence-electron chi connectivity index (χ2n) is 3.47. The van der Waals surface area contributed by atoms with Gasteiger partial charge >= 0.3 is 5.97 Å². The molecule has 6 heteroatoms. The van der Waals surface area contributed by atoms with Gasteiger partial charge in [-0.25, -0.2) is 14.5 Å². The molecule has 0 unspecified atom stereocenters. The van der Waals surface area contributed by atoms with Crippen LogP contribution in [0.15, 0.2) is 24.5 Å². The molecule has 0 spiro atoms. The molecule has 0 aromatic carbocycles. The monoisotopic (exact) mass is 231 g/mol. The largest absolute Gasteiger partial charge is 0.478 e. The third kappa shape index (κ3) is 2.05. The number of aryl methyl sites for hydroxylation is 1. The SMILES string of the molecule is Cc1cn(-c2cc(C(=O)O)ccn2)nc1C=O. The van der Waals surface area contributed by atoms with Crippen LogP contribution in [-0.2, 0) is 0 Å². The molecule has 1 N–H and O–H groups in total. The van der Waals surface area contributed by atoms with Gasteiger partial charge in [0.2, 0.25) is 0 Å². The van der Waals surface area contributed by atoms with Crippen LogP contribution in [0.2, 0.25) is 0 Å². The fourth-order valence-corrected chi connectivity index (χ4v) is 1.38. The Morgan fingerprint density at radius 2 is 2.29 bits per heavy atom. The summed E-state index contributed by atoms with van der Waals surface area (Å²) in [5.74, 6) is -0.672. The fourth-order valence-electron chi connectivity index (χ4n) is 1.38. The van der Waals surface area contributed by atoms with Gasteiger partial charge in [0, 0.05) is 12.4 Å². The predicted molar refractivity (Wildman–Crippen MR) is 58.4 cm³/mol. The number of hydrogen-bond donors (Lipinski definition) is 1. The van der Waals surface area contributed by atoms with Crippen molar-refractivity contribution in [2.24, 2.45) is 0 Å². The number of carboxylic acid groups (broad SMARTS) is 1. The lowest BCUT2D eigenvalue weighted by atomic mass is 10.2. The van der Waals surface area contributed by atoms with Crippen molar-refractivity contribution in [1.82, 2.24) is 14.8 Å². The van der Waals surface area contributed by atoms with E-state index in [0.29, 0.717) is 23.4 Å². The van der Waals surface area contributed by atoms with E-state index in [2.05, 4.69) is 10.1 Å². The molecule has 0 saturated heterocycles. The molecule has 17 heavy (non-hydrogen) atoms. The molecule has 2 heterocycles. The molecule has 6 nitrogen and oxygen atoms in total. The average molecular weight is 231 g/mol. The second kappa shape index (κ2) is 4.17. The summed E-state index contributed by atoms with van der Waals surface area (Å²) >= 11 is 0. The third-order valence-corrected chi connectivity index (χ3v) is 2.27. The van der Waals surface area contributed by atoms with Crippen molar-refractivity contribution in [3.05, 3.63) is 41.3 Å². The van der Waals surface area contributed by atoms with Crippen LogP contribution in [-0.4, -0.2) is 32.1 Å². The number of hydrogen-bond acceptors (Lipinski definition) is 4. The molecular formula is C11H9N3O3. The van der Waals surface area contributed by atoms with E-state index in [9.17, 15) is 9.59 Å². The Bertz CT molecular complexity index is 589. The molecule has 0 atom stereocenters. The summed E-state index contributed by atoms with van der Waals surface area (Å²) in [7, 11) is 0. The molecular weight excluding hydrogens is 222 g/mol. The number of aromatic carboxylic acids is 1. The first-order valence-electron chi connectivity index (χ1n) is 4.83. The minimum absolute atomic E-state index is 0.121. The molecule has 0 radical (unpaired) electrons. The molecule has 2 aromatic heterocycles. The zero-order valence-corrected chi connectivity index (χ0v) is 8.99. The Labute approximate surface area is 96.5 Å². The van der Waals surface area contributed by atoms with Gasteiger partial charge in [0.05, 0.1) is 5.56 Å². The molecule has 0 aliphatic heterocycles. The lowest BCUT2D eigenvalue weighted by Gasteiger charge is -2.00. The van der Waals surface area contributed by atoms with Crippen molar-refractivity contribution in [2.75, 3.05) is 0 Å². The van der Waals surface area contributed by atoms with Crippen molar-refractivity contribution >= 4 is 12.3 Å². The van der Waals surface area contributed by atoms with Crippen LogP contribution in [0.5, 0.6) is 0 Å². The van der Waals surface area contributed by atoms with Gasteiger partial charge in [-0.2, -0.15) is 5.10 Å². The summed E-state index contributed by atoms with van der Waals surface area (Å²) < 4.78 is 1.38.